The van der Waals surface area contributed by atoms with E-state index in [1.807, 2.05) is 54.6 Å². The molecule has 0 atom stereocenters. The fourth-order valence-corrected chi connectivity index (χ4v) is 3.53. The average molecular weight is 505 g/mol. The van der Waals surface area contributed by atoms with E-state index >= 15 is 0 Å². The van der Waals surface area contributed by atoms with Crippen LogP contribution in [0, 0.1) is 4.77 Å². The molecule has 1 heterocycles. The molecule has 4 rings (SSSR count). The average Bonchev–Trinajstić information content (AvgIpc) is 2.79. The van der Waals surface area contributed by atoms with Crippen LogP contribution in [0.1, 0.15) is 11.1 Å². The van der Waals surface area contributed by atoms with Crippen molar-refractivity contribution in [3.05, 3.63) is 115 Å². The maximum atomic E-state index is 12.4. The number of hydrogen-bond acceptors (Lipinski definition) is 4. The lowest BCUT2D eigenvalue weighted by atomic mass is 10.2. The van der Waals surface area contributed by atoms with E-state index in [-0.39, 0.29) is 16.2 Å². The summed E-state index contributed by atoms with van der Waals surface area (Å²) in [6.45, 7) is 0. The van der Waals surface area contributed by atoms with Crippen LogP contribution in [0.25, 0.3) is 17.8 Å². The Hall–Kier alpha value is -3.64. The van der Waals surface area contributed by atoms with Gasteiger partial charge in [-0.2, -0.15) is 0 Å². The van der Waals surface area contributed by atoms with E-state index in [0.29, 0.717) is 17.2 Å². The lowest BCUT2D eigenvalue weighted by Crippen LogP contribution is -2.15. The van der Waals surface area contributed by atoms with Crippen LogP contribution >= 0.6 is 28.1 Å². The first-order valence-corrected chi connectivity index (χ1v) is 10.8. The Bertz CT molecular complexity index is 1420. The first kappa shape index (κ1) is 21.6. The summed E-state index contributed by atoms with van der Waals surface area (Å²) >= 11 is 8.66. The molecule has 32 heavy (non-hydrogen) atoms. The topological polar surface area (TPSA) is 67.2 Å². The minimum absolute atomic E-state index is 0.0524. The minimum Gasteiger partial charge on any atom is -0.494 e. The number of nitrogens with zero attached hydrogens (tertiary/aromatic N) is 1. The van der Waals surface area contributed by atoms with Gasteiger partial charge in [-0.1, -0.05) is 46.3 Å². The van der Waals surface area contributed by atoms with Gasteiger partial charge in [-0.25, -0.2) is 0 Å². The number of aromatic hydroxyl groups is 1. The lowest BCUT2D eigenvalue weighted by Gasteiger charge is -2.12. The minimum atomic E-state index is -0.496. The van der Waals surface area contributed by atoms with Gasteiger partial charge in [0.15, 0.2) is 4.77 Å². The van der Waals surface area contributed by atoms with E-state index < -0.39 is 5.56 Å². The molecule has 0 amide bonds. The summed E-state index contributed by atoms with van der Waals surface area (Å²) in [5.41, 5.74) is 3.98. The summed E-state index contributed by atoms with van der Waals surface area (Å²) in [6, 6.07) is 24.0. The van der Waals surface area contributed by atoms with Crippen molar-refractivity contribution in [1.82, 2.24) is 9.55 Å². The van der Waals surface area contributed by atoms with Gasteiger partial charge in [-0.15, -0.1) is 5.73 Å². The van der Waals surface area contributed by atoms with Crippen LogP contribution in [0.2, 0.25) is 0 Å². The molecule has 4 aromatic rings. The summed E-state index contributed by atoms with van der Waals surface area (Å²) in [6.07, 6.45) is 3.14. The Balaban J connectivity index is 1.66. The number of ether oxygens (including phenoxy) is 1. The fraction of sp³-hybridized carbons (Fsp3) is 0. The van der Waals surface area contributed by atoms with E-state index in [1.165, 1.54) is 10.6 Å². The van der Waals surface area contributed by atoms with E-state index in [1.54, 1.807) is 30.3 Å². The summed E-state index contributed by atoms with van der Waals surface area (Å²) in [5, 5.41) is 10.8. The molecule has 3 aromatic carbocycles. The Labute approximate surface area is 197 Å². The highest BCUT2D eigenvalue weighted by atomic mass is 79.9. The number of aromatic nitrogens is 2. The van der Waals surface area contributed by atoms with Gasteiger partial charge in [-0.05, 0) is 78.5 Å². The predicted octanol–water partition coefficient (Wildman–Crippen LogP) is 6.48. The molecule has 0 saturated heterocycles. The van der Waals surface area contributed by atoms with Crippen LogP contribution in [0.15, 0.2) is 93.9 Å². The molecule has 0 spiro atoms. The fourth-order valence-electron chi connectivity index (χ4n) is 2.98. The Kier molecular flexibility index (Phi) is 6.52. The van der Waals surface area contributed by atoms with Gasteiger partial charge in [-0.3, -0.25) is 14.3 Å². The van der Waals surface area contributed by atoms with Crippen LogP contribution < -0.4 is 10.3 Å². The number of para-hydroxylation sites is 1. The van der Waals surface area contributed by atoms with Crippen LogP contribution in [0.4, 0.5) is 0 Å². The SMILES string of the molecule is O=c1[nH]c(=S)n(-c2ccc(Oc3ccccc3)cc2)c(O)c1C=C=Cc1ccc(Br)cc1. The van der Waals surface area contributed by atoms with Crippen LogP contribution in [0.3, 0.4) is 0 Å². The van der Waals surface area contributed by atoms with Gasteiger partial charge in [0.1, 0.15) is 17.1 Å². The summed E-state index contributed by atoms with van der Waals surface area (Å²) in [5.74, 6) is 1.08. The number of benzene rings is 3. The van der Waals surface area contributed by atoms with Crippen LogP contribution in [-0.4, -0.2) is 14.7 Å². The maximum absolute atomic E-state index is 12.4. The first-order chi connectivity index (χ1) is 15.5. The monoisotopic (exact) mass is 504 g/mol. The molecule has 2 N–H and O–H groups in total. The van der Waals surface area contributed by atoms with Gasteiger partial charge in [0, 0.05) is 4.47 Å². The van der Waals surface area contributed by atoms with Crippen LogP contribution in [-0.2, 0) is 0 Å². The van der Waals surface area contributed by atoms with E-state index in [0.717, 1.165) is 10.0 Å². The van der Waals surface area contributed by atoms with Gasteiger partial charge in [0.2, 0.25) is 5.88 Å². The summed E-state index contributed by atoms with van der Waals surface area (Å²) in [7, 11) is 0. The Morgan fingerprint density at radius 1 is 0.938 bits per heavy atom. The highest BCUT2D eigenvalue weighted by molar-refractivity contribution is 9.10. The molecule has 5 nitrogen and oxygen atoms in total. The molecule has 0 bridgehead atoms. The highest BCUT2D eigenvalue weighted by Crippen LogP contribution is 2.25. The second-order valence-electron chi connectivity index (χ2n) is 6.75. The van der Waals surface area contributed by atoms with E-state index in [9.17, 15) is 9.90 Å². The van der Waals surface area contributed by atoms with Crippen molar-refractivity contribution in [2.45, 2.75) is 0 Å². The van der Waals surface area contributed by atoms with Crippen LogP contribution in [0.5, 0.6) is 17.4 Å². The van der Waals surface area contributed by atoms with Crippen molar-refractivity contribution in [2.24, 2.45) is 0 Å². The molecule has 0 aliphatic heterocycles. The second-order valence-corrected chi connectivity index (χ2v) is 8.05. The van der Waals surface area contributed by atoms with Crippen molar-refractivity contribution in [2.75, 3.05) is 0 Å². The zero-order valence-corrected chi connectivity index (χ0v) is 19.1. The summed E-state index contributed by atoms with van der Waals surface area (Å²) in [4.78, 5) is 15.0. The number of hydrogen-bond donors (Lipinski definition) is 2. The molecule has 0 radical (unpaired) electrons. The normalized spacial score (nSPS) is 10.3. The number of nitrogens with one attached hydrogen (secondary N) is 1. The van der Waals surface area contributed by atoms with Crippen molar-refractivity contribution in [1.29, 1.82) is 0 Å². The molecular formula is C25H17BrN2O3S. The number of aromatic amines is 1. The lowest BCUT2D eigenvalue weighted by molar-refractivity contribution is 0.431. The zero-order valence-electron chi connectivity index (χ0n) is 16.7. The quantitative estimate of drug-likeness (QED) is 0.241. The molecule has 1 aromatic heterocycles. The third-order valence-electron chi connectivity index (χ3n) is 4.54. The Morgan fingerprint density at radius 3 is 2.28 bits per heavy atom. The molecule has 0 aliphatic carbocycles. The first-order valence-electron chi connectivity index (χ1n) is 9.61. The van der Waals surface area contributed by atoms with Gasteiger partial charge in [0.25, 0.3) is 5.56 Å². The number of H-pyrrole nitrogens is 1. The van der Waals surface area contributed by atoms with Gasteiger partial charge in [0.05, 0.1) is 5.69 Å². The molecule has 7 heteroatoms. The molecule has 0 unspecified atom stereocenters. The molecule has 0 fully saturated rings. The standard InChI is InChI=1S/C25H17BrN2O3S/c26-18-11-9-17(10-12-18)5-4-8-22-23(29)27-25(32)28(24(22)30)19-13-15-21(16-14-19)31-20-6-2-1-3-7-20/h1-3,5-16,30H,(H,27,29,32). The smallest absolute Gasteiger partial charge is 0.263 e. The molecule has 0 saturated carbocycles. The molecular weight excluding hydrogens is 488 g/mol. The molecule has 158 valence electrons. The maximum Gasteiger partial charge on any atom is 0.263 e. The molecule has 0 aliphatic rings. The third kappa shape index (κ3) is 4.98. The highest BCUT2D eigenvalue weighted by Gasteiger charge is 2.12. The number of rotatable bonds is 5. The van der Waals surface area contributed by atoms with Crippen molar-refractivity contribution in [3.8, 4) is 23.1 Å². The third-order valence-corrected chi connectivity index (χ3v) is 5.36. The number of halogens is 1. The zero-order chi connectivity index (χ0) is 22.5. The van der Waals surface area contributed by atoms with Crippen molar-refractivity contribution < 1.29 is 9.84 Å². The Morgan fingerprint density at radius 2 is 1.59 bits per heavy atom. The van der Waals surface area contributed by atoms with Gasteiger partial charge >= 0.3 is 0 Å². The summed E-state index contributed by atoms with van der Waals surface area (Å²) < 4.78 is 8.23. The van der Waals surface area contributed by atoms with Crippen molar-refractivity contribution in [3.63, 3.8) is 0 Å². The van der Waals surface area contributed by atoms with Gasteiger partial charge < -0.3 is 9.84 Å². The van der Waals surface area contributed by atoms with E-state index in [2.05, 4.69) is 26.6 Å². The second kappa shape index (κ2) is 9.66. The predicted molar refractivity (Wildman–Crippen MR) is 132 cm³/mol. The largest absolute Gasteiger partial charge is 0.494 e. The van der Waals surface area contributed by atoms with Crippen molar-refractivity contribution >= 4 is 40.3 Å². The van der Waals surface area contributed by atoms with E-state index in [4.69, 9.17) is 17.0 Å².